The van der Waals surface area contributed by atoms with Crippen LogP contribution in [0.2, 0.25) is 0 Å². The molecule has 1 atom stereocenters. The average Bonchev–Trinajstić information content (AvgIpc) is 2.61. The smallest absolute Gasteiger partial charge is 0.0843 e. The Hall–Kier alpha value is 0.580. The topological polar surface area (TPSA) is 38.0 Å². The van der Waals surface area contributed by atoms with E-state index in [0.717, 1.165) is 8.26 Å². The zero-order valence-corrected chi connectivity index (χ0v) is 13.0. The molecule has 1 aromatic heterocycles. The molecule has 90 valence electrons. The summed E-state index contributed by atoms with van der Waals surface area (Å²) in [6.07, 6.45) is 6.66. The van der Waals surface area contributed by atoms with E-state index in [1.807, 2.05) is 0 Å². The Kier molecular flexibility index (Phi) is 4.85. The van der Waals surface area contributed by atoms with Crippen LogP contribution in [-0.2, 0) is 0 Å². The third-order valence-electron chi connectivity index (χ3n) is 3.27. The van der Waals surface area contributed by atoms with E-state index < -0.39 is 0 Å². The lowest BCUT2D eigenvalue weighted by atomic mass is 9.83. The van der Waals surface area contributed by atoms with Gasteiger partial charge in [0.05, 0.1) is 9.83 Å². The first-order valence-corrected chi connectivity index (χ1v) is 8.03. The Labute approximate surface area is 117 Å². The first-order chi connectivity index (χ1) is 7.72. The number of nitrogens with two attached hydrogens (primary N) is 1. The SMILES string of the molecule is NNC(c1cc(Br)c(Br)s1)C1CCCCC1. The molecule has 3 N–H and O–H groups in total. The molecule has 0 spiro atoms. The van der Waals surface area contributed by atoms with Crippen LogP contribution in [0.3, 0.4) is 0 Å². The van der Waals surface area contributed by atoms with Gasteiger partial charge in [0, 0.05) is 9.35 Å². The van der Waals surface area contributed by atoms with E-state index in [0.29, 0.717) is 12.0 Å². The first kappa shape index (κ1) is 13.0. The van der Waals surface area contributed by atoms with Gasteiger partial charge in [0.25, 0.3) is 0 Å². The highest BCUT2D eigenvalue weighted by atomic mass is 79.9. The fraction of sp³-hybridized carbons (Fsp3) is 0.636. The summed E-state index contributed by atoms with van der Waals surface area (Å²) in [6.45, 7) is 0. The van der Waals surface area contributed by atoms with E-state index >= 15 is 0 Å². The van der Waals surface area contributed by atoms with Crippen molar-refractivity contribution >= 4 is 43.2 Å². The molecule has 0 aliphatic heterocycles. The largest absolute Gasteiger partial charge is 0.271 e. The summed E-state index contributed by atoms with van der Waals surface area (Å²) in [4.78, 5) is 1.33. The molecular weight excluding hydrogens is 352 g/mol. The van der Waals surface area contributed by atoms with E-state index in [2.05, 4.69) is 43.4 Å². The molecule has 1 heterocycles. The van der Waals surface area contributed by atoms with Crippen molar-refractivity contribution < 1.29 is 0 Å². The lowest BCUT2D eigenvalue weighted by Crippen LogP contribution is -2.33. The maximum Gasteiger partial charge on any atom is 0.0843 e. The summed E-state index contributed by atoms with van der Waals surface area (Å²) in [5.74, 6) is 6.41. The van der Waals surface area contributed by atoms with Gasteiger partial charge in [-0.2, -0.15) is 0 Å². The average molecular weight is 368 g/mol. The summed E-state index contributed by atoms with van der Waals surface area (Å²) in [7, 11) is 0. The molecular formula is C11H16Br2N2S. The summed E-state index contributed by atoms with van der Waals surface area (Å²) in [5, 5.41) is 0. The van der Waals surface area contributed by atoms with Crippen molar-refractivity contribution in [2.75, 3.05) is 0 Å². The Bertz CT molecular complexity index is 328. The van der Waals surface area contributed by atoms with Gasteiger partial charge in [-0.1, -0.05) is 19.3 Å². The van der Waals surface area contributed by atoms with Gasteiger partial charge in [0.1, 0.15) is 0 Å². The highest BCUT2D eigenvalue weighted by Gasteiger charge is 2.25. The van der Waals surface area contributed by atoms with Crippen molar-refractivity contribution in [2.45, 2.75) is 38.1 Å². The van der Waals surface area contributed by atoms with Crippen molar-refractivity contribution in [3.8, 4) is 0 Å². The molecule has 0 bridgehead atoms. The molecule has 1 aliphatic rings. The van der Waals surface area contributed by atoms with Gasteiger partial charge in [-0.15, -0.1) is 11.3 Å². The quantitative estimate of drug-likeness (QED) is 0.615. The maximum absolute atomic E-state index is 5.72. The van der Waals surface area contributed by atoms with E-state index in [9.17, 15) is 0 Å². The molecule has 0 saturated heterocycles. The van der Waals surface area contributed by atoms with Crippen molar-refractivity contribution in [2.24, 2.45) is 11.8 Å². The van der Waals surface area contributed by atoms with Crippen LogP contribution in [0.15, 0.2) is 14.3 Å². The van der Waals surface area contributed by atoms with Gasteiger partial charge in [0.2, 0.25) is 0 Å². The van der Waals surface area contributed by atoms with Crippen LogP contribution in [0.1, 0.15) is 43.0 Å². The normalized spacial score (nSPS) is 19.9. The molecule has 0 aromatic carbocycles. The van der Waals surface area contributed by atoms with Crippen LogP contribution >= 0.6 is 43.2 Å². The predicted octanol–water partition coefficient (Wildman–Crippen LogP) is 4.36. The Balaban J connectivity index is 2.14. The standard InChI is InChI=1S/C11H16Br2N2S/c12-8-6-9(16-11(8)13)10(15-14)7-4-2-1-3-5-7/h6-7,10,15H,1-5,14H2. The molecule has 2 nitrogen and oxygen atoms in total. The summed E-state index contributed by atoms with van der Waals surface area (Å²) in [6, 6.07) is 2.49. The molecule has 1 aliphatic carbocycles. The highest BCUT2D eigenvalue weighted by molar-refractivity contribution is 9.13. The van der Waals surface area contributed by atoms with Gasteiger partial charge in [-0.25, -0.2) is 0 Å². The van der Waals surface area contributed by atoms with Crippen LogP contribution in [0.4, 0.5) is 0 Å². The van der Waals surface area contributed by atoms with Crippen LogP contribution in [0, 0.1) is 5.92 Å². The fourth-order valence-corrected chi connectivity index (χ4v) is 4.68. The van der Waals surface area contributed by atoms with E-state index in [-0.39, 0.29) is 0 Å². The lowest BCUT2D eigenvalue weighted by Gasteiger charge is -2.29. The zero-order chi connectivity index (χ0) is 11.5. The molecule has 16 heavy (non-hydrogen) atoms. The summed E-state index contributed by atoms with van der Waals surface area (Å²) >= 11 is 8.84. The number of halogens is 2. The van der Waals surface area contributed by atoms with Crippen molar-refractivity contribution in [3.05, 3.63) is 19.2 Å². The third-order valence-corrected chi connectivity index (χ3v) is 6.61. The number of thiophene rings is 1. The van der Waals surface area contributed by atoms with Crippen LogP contribution in [0.5, 0.6) is 0 Å². The van der Waals surface area contributed by atoms with E-state index in [1.54, 1.807) is 11.3 Å². The lowest BCUT2D eigenvalue weighted by molar-refractivity contribution is 0.276. The van der Waals surface area contributed by atoms with Crippen molar-refractivity contribution in [3.63, 3.8) is 0 Å². The molecule has 1 saturated carbocycles. The zero-order valence-electron chi connectivity index (χ0n) is 9.01. The van der Waals surface area contributed by atoms with Crippen molar-refractivity contribution in [1.29, 1.82) is 0 Å². The van der Waals surface area contributed by atoms with Crippen LogP contribution < -0.4 is 11.3 Å². The first-order valence-electron chi connectivity index (χ1n) is 5.63. The Morgan fingerprint density at radius 1 is 1.31 bits per heavy atom. The van der Waals surface area contributed by atoms with Gasteiger partial charge in [-0.3, -0.25) is 11.3 Å². The van der Waals surface area contributed by atoms with Gasteiger partial charge < -0.3 is 0 Å². The highest BCUT2D eigenvalue weighted by Crippen LogP contribution is 2.41. The fourth-order valence-electron chi connectivity index (χ4n) is 2.43. The number of hydrazine groups is 1. The van der Waals surface area contributed by atoms with Crippen LogP contribution in [0.25, 0.3) is 0 Å². The minimum absolute atomic E-state index is 0.313. The number of rotatable bonds is 3. The van der Waals surface area contributed by atoms with E-state index in [4.69, 9.17) is 5.84 Å². The Morgan fingerprint density at radius 3 is 2.50 bits per heavy atom. The van der Waals surface area contributed by atoms with Crippen molar-refractivity contribution in [1.82, 2.24) is 5.43 Å². The van der Waals surface area contributed by atoms with Gasteiger partial charge in [0.15, 0.2) is 0 Å². The van der Waals surface area contributed by atoms with Gasteiger partial charge >= 0.3 is 0 Å². The minimum atomic E-state index is 0.313. The van der Waals surface area contributed by atoms with Crippen LogP contribution in [-0.4, -0.2) is 0 Å². The predicted molar refractivity (Wildman–Crippen MR) is 76.4 cm³/mol. The van der Waals surface area contributed by atoms with Gasteiger partial charge in [-0.05, 0) is 56.7 Å². The molecule has 2 rings (SSSR count). The molecule has 1 fully saturated rings. The molecule has 0 amide bonds. The molecule has 1 unspecified atom stereocenters. The second-order valence-electron chi connectivity index (χ2n) is 4.31. The second kappa shape index (κ2) is 5.96. The molecule has 1 aromatic rings. The number of nitrogens with one attached hydrogen (secondary N) is 1. The minimum Gasteiger partial charge on any atom is -0.271 e. The van der Waals surface area contributed by atoms with E-state index in [1.165, 1.54) is 37.0 Å². The summed E-state index contributed by atoms with van der Waals surface area (Å²) in [5.41, 5.74) is 3.00. The number of hydrogen-bond acceptors (Lipinski definition) is 3. The molecule has 5 heteroatoms. The summed E-state index contributed by atoms with van der Waals surface area (Å²) < 4.78 is 2.28. The maximum atomic E-state index is 5.72. The molecule has 0 radical (unpaired) electrons. The second-order valence-corrected chi connectivity index (χ2v) is 7.57. The Morgan fingerprint density at radius 2 is 2.00 bits per heavy atom. The monoisotopic (exact) mass is 366 g/mol. The third kappa shape index (κ3) is 2.88. The number of hydrogen-bond donors (Lipinski definition) is 2.